The van der Waals surface area contributed by atoms with Crippen molar-refractivity contribution in [3.8, 4) is 5.75 Å². The molecule has 0 spiro atoms. The van der Waals surface area contributed by atoms with E-state index in [4.69, 9.17) is 4.74 Å². The Labute approximate surface area is 113 Å². The molecule has 0 saturated heterocycles. The molecule has 0 bridgehead atoms. The SMILES string of the molecule is CCc1cc(C)cc2c1OC(C(F)(F)F)C(C(=O)[O-])=C2. The van der Waals surface area contributed by atoms with Crippen molar-refractivity contribution in [2.24, 2.45) is 0 Å². The van der Waals surface area contributed by atoms with Crippen molar-refractivity contribution in [1.82, 2.24) is 0 Å². The predicted octanol–water partition coefficient (Wildman–Crippen LogP) is 2.01. The van der Waals surface area contributed by atoms with E-state index in [2.05, 4.69) is 0 Å². The minimum Gasteiger partial charge on any atom is -0.545 e. The molecule has 108 valence electrons. The zero-order valence-corrected chi connectivity index (χ0v) is 10.9. The minimum absolute atomic E-state index is 0.0884. The lowest BCUT2D eigenvalue weighted by Gasteiger charge is -2.30. The standard InChI is InChI=1S/C14H13F3O3/c1-3-8-4-7(2)5-9-6-10(13(18)19)12(14(15,16)17)20-11(8)9/h4-6,12H,3H2,1-2H3,(H,18,19)/p-1. The first-order chi connectivity index (χ1) is 9.24. The molecule has 1 aliphatic rings. The Kier molecular flexibility index (Phi) is 3.50. The maximum Gasteiger partial charge on any atom is 0.429 e. The van der Waals surface area contributed by atoms with E-state index in [1.165, 1.54) is 0 Å². The normalized spacial score (nSPS) is 18.1. The highest BCUT2D eigenvalue weighted by molar-refractivity contribution is 5.93. The number of hydrogen-bond donors (Lipinski definition) is 0. The van der Waals surface area contributed by atoms with Gasteiger partial charge in [0.15, 0.2) is 0 Å². The Morgan fingerprint density at radius 3 is 2.55 bits per heavy atom. The number of ether oxygens (including phenoxy) is 1. The summed E-state index contributed by atoms with van der Waals surface area (Å²) < 4.78 is 43.6. The summed E-state index contributed by atoms with van der Waals surface area (Å²) in [7, 11) is 0. The van der Waals surface area contributed by atoms with Gasteiger partial charge in [-0.25, -0.2) is 0 Å². The van der Waals surface area contributed by atoms with Crippen molar-refractivity contribution in [3.05, 3.63) is 34.4 Å². The van der Waals surface area contributed by atoms with Gasteiger partial charge in [0.1, 0.15) is 5.75 Å². The molecule has 1 heterocycles. The number of fused-ring (bicyclic) bond motifs is 1. The number of carbonyl (C=O) groups is 1. The number of alkyl halides is 3. The highest BCUT2D eigenvalue weighted by Gasteiger charge is 2.46. The van der Waals surface area contributed by atoms with Crippen LogP contribution in [0.1, 0.15) is 23.6 Å². The first kappa shape index (κ1) is 14.4. The van der Waals surface area contributed by atoms with Crippen LogP contribution < -0.4 is 9.84 Å². The summed E-state index contributed by atoms with van der Waals surface area (Å²) in [6, 6.07) is 3.31. The molecular weight excluding hydrogens is 273 g/mol. The Morgan fingerprint density at radius 2 is 2.05 bits per heavy atom. The molecule has 0 aromatic heterocycles. The minimum atomic E-state index is -4.81. The maximum atomic E-state index is 12.9. The second-order valence-electron chi connectivity index (χ2n) is 4.62. The van der Waals surface area contributed by atoms with E-state index in [9.17, 15) is 23.1 Å². The summed E-state index contributed by atoms with van der Waals surface area (Å²) in [6.45, 7) is 3.57. The van der Waals surface area contributed by atoms with Gasteiger partial charge in [-0.15, -0.1) is 0 Å². The first-order valence-corrected chi connectivity index (χ1v) is 6.04. The van der Waals surface area contributed by atoms with Crippen molar-refractivity contribution >= 4 is 12.0 Å². The van der Waals surface area contributed by atoms with Crippen LogP contribution in [0, 0.1) is 6.92 Å². The van der Waals surface area contributed by atoms with Gasteiger partial charge in [0.25, 0.3) is 0 Å². The molecule has 0 amide bonds. The highest BCUT2D eigenvalue weighted by Crippen LogP contribution is 2.39. The lowest BCUT2D eigenvalue weighted by molar-refractivity contribution is -0.302. The van der Waals surface area contributed by atoms with E-state index in [0.29, 0.717) is 17.5 Å². The second kappa shape index (κ2) is 4.85. The van der Waals surface area contributed by atoms with Crippen LogP contribution >= 0.6 is 0 Å². The average molecular weight is 285 g/mol. The van der Waals surface area contributed by atoms with Crippen LogP contribution in [0.2, 0.25) is 0 Å². The summed E-state index contributed by atoms with van der Waals surface area (Å²) >= 11 is 0. The van der Waals surface area contributed by atoms with E-state index in [-0.39, 0.29) is 5.75 Å². The molecule has 1 unspecified atom stereocenters. The molecule has 0 saturated carbocycles. The molecule has 1 aliphatic heterocycles. The zero-order valence-electron chi connectivity index (χ0n) is 10.9. The third kappa shape index (κ3) is 2.50. The van der Waals surface area contributed by atoms with Crippen molar-refractivity contribution in [1.29, 1.82) is 0 Å². The third-order valence-electron chi connectivity index (χ3n) is 3.08. The van der Waals surface area contributed by atoms with Crippen molar-refractivity contribution < 1.29 is 27.8 Å². The van der Waals surface area contributed by atoms with Crippen molar-refractivity contribution in [3.63, 3.8) is 0 Å². The van der Waals surface area contributed by atoms with Crippen LogP contribution in [0.15, 0.2) is 17.7 Å². The fraction of sp³-hybridized carbons (Fsp3) is 0.357. The van der Waals surface area contributed by atoms with Gasteiger partial charge >= 0.3 is 6.18 Å². The van der Waals surface area contributed by atoms with Crippen molar-refractivity contribution in [2.45, 2.75) is 32.5 Å². The number of aryl methyl sites for hydroxylation is 2. The molecule has 0 radical (unpaired) electrons. The number of halogens is 3. The van der Waals surface area contributed by atoms with E-state index in [0.717, 1.165) is 11.6 Å². The van der Waals surface area contributed by atoms with Gasteiger partial charge in [0.2, 0.25) is 6.10 Å². The Balaban J connectivity index is 2.62. The Bertz CT molecular complexity index is 588. The van der Waals surface area contributed by atoms with Crippen LogP contribution in [0.3, 0.4) is 0 Å². The van der Waals surface area contributed by atoms with E-state index in [1.807, 2.05) is 0 Å². The molecule has 6 heteroatoms. The molecular formula is C14H12F3O3-. The molecule has 1 aromatic carbocycles. The molecule has 2 rings (SSSR count). The summed E-state index contributed by atoms with van der Waals surface area (Å²) in [5.41, 5.74) is 0.866. The lowest BCUT2D eigenvalue weighted by atomic mass is 9.96. The first-order valence-electron chi connectivity index (χ1n) is 6.04. The van der Waals surface area contributed by atoms with E-state index in [1.54, 1.807) is 26.0 Å². The van der Waals surface area contributed by atoms with E-state index >= 15 is 0 Å². The van der Waals surface area contributed by atoms with Crippen LogP contribution in [0.25, 0.3) is 6.08 Å². The topological polar surface area (TPSA) is 49.4 Å². The summed E-state index contributed by atoms with van der Waals surface area (Å²) in [4.78, 5) is 10.9. The van der Waals surface area contributed by atoms with Crippen LogP contribution in [-0.4, -0.2) is 18.2 Å². The fourth-order valence-corrected chi connectivity index (χ4v) is 2.23. The quantitative estimate of drug-likeness (QED) is 0.835. The molecule has 1 atom stereocenters. The zero-order chi connectivity index (χ0) is 15.1. The molecule has 3 nitrogen and oxygen atoms in total. The van der Waals surface area contributed by atoms with Crippen LogP contribution in [0.5, 0.6) is 5.75 Å². The van der Waals surface area contributed by atoms with E-state index < -0.39 is 23.8 Å². The van der Waals surface area contributed by atoms with Gasteiger partial charge in [-0.2, -0.15) is 13.2 Å². The van der Waals surface area contributed by atoms with Gasteiger partial charge < -0.3 is 14.6 Å². The predicted molar refractivity (Wildman–Crippen MR) is 64.0 cm³/mol. The maximum absolute atomic E-state index is 12.9. The van der Waals surface area contributed by atoms with Crippen LogP contribution in [0.4, 0.5) is 13.2 Å². The number of hydrogen-bond acceptors (Lipinski definition) is 3. The number of benzene rings is 1. The summed E-state index contributed by atoms with van der Waals surface area (Å²) in [6.07, 6.45) is -5.82. The highest BCUT2D eigenvalue weighted by atomic mass is 19.4. The monoisotopic (exact) mass is 285 g/mol. The summed E-state index contributed by atoms with van der Waals surface area (Å²) in [5, 5.41) is 10.9. The third-order valence-corrected chi connectivity index (χ3v) is 3.08. The summed E-state index contributed by atoms with van der Waals surface area (Å²) in [5.74, 6) is -1.79. The lowest BCUT2D eigenvalue weighted by Crippen LogP contribution is -2.44. The molecule has 0 aliphatic carbocycles. The molecule has 0 N–H and O–H groups in total. The Hall–Kier alpha value is -1.98. The fourth-order valence-electron chi connectivity index (χ4n) is 2.23. The average Bonchev–Trinajstić information content (AvgIpc) is 2.34. The largest absolute Gasteiger partial charge is 0.545 e. The van der Waals surface area contributed by atoms with Gasteiger partial charge in [-0.1, -0.05) is 13.0 Å². The number of carboxylic acids is 1. The molecule has 1 aromatic rings. The van der Waals surface area contributed by atoms with Gasteiger partial charge in [-0.3, -0.25) is 0 Å². The molecule has 0 fully saturated rings. The number of aliphatic carboxylic acids is 1. The smallest absolute Gasteiger partial charge is 0.429 e. The number of carbonyl (C=O) groups excluding carboxylic acids is 1. The second-order valence-corrected chi connectivity index (χ2v) is 4.62. The number of carboxylic acid groups (broad SMARTS) is 1. The molecule has 20 heavy (non-hydrogen) atoms. The van der Waals surface area contributed by atoms with Gasteiger partial charge in [-0.05, 0) is 36.6 Å². The van der Waals surface area contributed by atoms with Gasteiger partial charge in [0.05, 0.1) is 5.97 Å². The number of rotatable bonds is 2. The van der Waals surface area contributed by atoms with Crippen LogP contribution in [-0.2, 0) is 11.2 Å². The van der Waals surface area contributed by atoms with Crippen molar-refractivity contribution in [2.75, 3.05) is 0 Å². The Morgan fingerprint density at radius 1 is 1.40 bits per heavy atom. The van der Waals surface area contributed by atoms with Gasteiger partial charge in [0, 0.05) is 11.1 Å².